The number of rotatable bonds is 10. The minimum absolute atomic E-state index is 0.0248. The molecule has 2 aromatic carbocycles. The van der Waals surface area contributed by atoms with Gasteiger partial charge in [-0.2, -0.15) is 5.10 Å². The number of aromatic nitrogens is 3. The van der Waals surface area contributed by atoms with Crippen LogP contribution in [0.3, 0.4) is 0 Å². The molecule has 0 radical (unpaired) electrons. The van der Waals surface area contributed by atoms with Gasteiger partial charge in [-0.1, -0.05) is 30.0 Å². The van der Waals surface area contributed by atoms with E-state index in [4.69, 9.17) is 0 Å². The summed E-state index contributed by atoms with van der Waals surface area (Å²) in [4.78, 5) is 19.3. The number of nitrogens with one attached hydrogen (secondary N) is 2. The van der Waals surface area contributed by atoms with Crippen LogP contribution in [0.15, 0.2) is 76.7 Å². The van der Waals surface area contributed by atoms with Gasteiger partial charge in [0.25, 0.3) is 5.91 Å². The highest BCUT2D eigenvalue weighted by Crippen LogP contribution is 2.33. The molecular weight excluding hydrogens is 468 g/mol. The Labute approximate surface area is 216 Å². The molecule has 0 aliphatic heterocycles. The lowest BCUT2D eigenvalue weighted by molar-refractivity contribution is 0.0674. The summed E-state index contributed by atoms with van der Waals surface area (Å²) in [6.07, 6.45) is 8.04. The van der Waals surface area contributed by atoms with Crippen LogP contribution in [-0.2, 0) is 0 Å². The van der Waals surface area contributed by atoms with Gasteiger partial charge in [0.2, 0.25) is 0 Å². The average molecular weight is 501 g/mol. The molecule has 2 aromatic heterocycles. The molecule has 1 amide bonds. The van der Waals surface area contributed by atoms with E-state index in [1.807, 2.05) is 81.5 Å². The van der Waals surface area contributed by atoms with Crippen molar-refractivity contribution in [3.63, 3.8) is 0 Å². The van der Waals surface area contributed by atoms with Crippen LogP contribution >= 0.6 is 11.8 Å². The zero-order chi connectivity index (χ0) is 25.5. The molecule has 1 atom stereocenters. The molecule has 3 N–H and O–H groups in total. The molecule has 1 unspecified atom stereocenters. The molecule has 36 heavy (non-hydrogen) atoms. The lowest BCUT2D eigenvalue weighted by Crippen LogP contribution is -2.33. The van der Waals surface area contributed by atoms with E-state index in [9.17, 15) is 9.90 Å². The van der Waals surface area contributed by atoms with Crippen molar-refractivity contribution in [2.45, 2.75) is 61.5 Å². The van der Waals surface area contributed by atoms with Gasteiger partial charge in [-0.25, -0.2) is 0 Å². The van der Waals surface area contributed by atoms with E-state index in [0.29, 0.717) is 12.0 Å². The first-order valence-corrected chi connectivity index (χ1v) is 13.0. The molecule has 4 rings (SSSR count). The number of fused-ring (bicyclic) bond motifs is 1. The molecule has 0 bridgehead atoms. The maximum atomic E-state index is 13.0. The predicted octanol–water partition coefficient (Wildman–Crippen LogP) is 6.34. The first-order chi connectivity index (χ1) is 17.3. The van der Waals surface area contributed by atoms with E-state index in [1.54, 1.807) is 18.0 Å². The third-order valence-corrected chi connectivity index (χ3v) is 6.89. The van der Waals surface area contributed by atoms with Crippen molar-refractivity contribution in [3.8, 4) is 0 Å². The number of amides is 1. The van der Waals surface area contributed by atoms with Gasteiger partial charge < -0.3 is 10.4 Å². The summed E-state index contributed by atoms with van der Waals surface area (Å²) in [5.74, 6) is -0.0848. The van der Waals surface area contributed by atoms with Gasteiger partial charge in [-0.3, -0.25) is 14.9 Å². The third-order valence-electron chi connectivity index (χ3n) is 5.83. The number of aromatic amines is 1. The molecule has 0 fully saturated rings. The van der Waals surface area contributed by atoms with Crippen LogP contribution in [0.2, 0.25) is 0 Å². The number of carbonyl (C=O) groups excluding carboxylic acids is 1. The Morgan fingerprint density at radius 1 is 1.14 bits per heavy atom. The fourth-order valence-electron chi connectivity index (χ4n) is 3.93. The molecule has 0 spiro atoms. The highest BCUT2D eigenvalue weighted by Gasteiger charge is 2.17. The third kappa shape index (κ3) is 7.06. The maximum absolute atomic E-state index is 13.0. The largest absolute Gasteiger partial charge is 0.390 e. The number of pyridine rings is 1. The molecule has 4 aromatic rings. The van der Waals surface area contributed by atoms with E-state index < -0.39 is 5.60 Å². The molecule has 2 heterocycles. The van der Waals surface area contributed by atoms with E-state index in [1.165, 1.54) is 0 Å². The second kappa shape index (κ2) is 11.5. The van der Waals surface area contributed by atoms with Crippen molar-refractivity contribution in [1.29, 1.82) is 0 Å². The zero-order valence-electron chi connectivity index (χ0n) is 20.9. The monoisotopic (exact) mass is 500 g/mol. The summed E-state index contributed by atoms with van der Waals surface area (Å²) in [6, 6.07) is 19.6. The Hall–Kier alpha value is -3.42. The Bertz CT molecular complexity index is 1340. The summed E-state index contributed by atoms with van der Waals surface area (Å²) in [6.45, 7) is 5.62. The fourth-order valence-corrected chi connectivity index (χ4v) is 4.92. The summed E-state index contributed by atoms with van der Waals surface area (Å²) in [5, 5.41) is 21.6. The first kappa shape index (κ1) is 25.7. The summed E-state index contributed by atoms with van der Waals surface area (Å²) >= 11 is 1.56. The number of hydrogen-bond donors (Lipinski definition) is 3. The second-order valence-corrected chi connectivity index (χ2v) is 10.7. The smallest absolute Gasteiger partial charge is 0.252 e. The number of nitrogens with zero attached hydrogens (tertiary/aromatic N) is 2. The lowest BCUT2D eigenvalue weighted by Gasteiger charge is -2.19. The molecular formula is C29H32N4O2S. The van der Waals surface area contributed by atoms with Gasteiger partial charge in [-0.15, -0.1) is 0 Å². The van der Waals surface area contributed by atoms with Crippen LogP contribution in [0, 0.1) is 0 Å². The minimum atomic E-state index is -0.682. The fraction of sp³-hybridized carbons (Fsp3) is 0.276. The Kier molecular flexibility index (Phi) is 8.23. The predicted molar refractivity (Wildman–Crippen MR) is 147 cm³/mol. The molecule has 186 valence electrons. The molecule has 6 nitrogen and oxygen atoms in total. The van der Waals surface area contributed by atoms with Crippen molar-refractivity contribution in [1.82, 2.24) is 20.5 Å². The quantitative estimate of drug-likeness (QED) is 0.236. The average Bonchev–Trinajstić information content (AvgIpc) is 3.25. The van der Waals surface area contributed by atoms with Crippen molar-refractivity contribution in [3.05, 3.63) is 83.8 Å². The maximum Gasteiger partial charge on any atom is 0.252 e. The number of aliphatic hydroxyl groups is 1. The Morgan fingerprint density at radius 2 is 1.94 bits per heavy atom. The van der Waals surface area contributed by atoms with Gasteiger partial charge in [0, 0.05) is 27.4 Å². The van der Waals surface area contributed by atoms with Gasteiger partial charge >= 0.3 is 0 Å². The highest BCUT2D eigenvalue weighted by atomic mass is 32.2. The molecule has 0 saturated heterocycles. The van der Waals surface area contributed by atoms with Gasteiger partial charge in [-0.05, 0) is 94.7 Å². The van der Waals surface area contributed by atoms with Gasteiger partial charge in [0.15, 0.2) is 0 Å². The van der Waals surface area contributed by atoms with Gasteiger partial charge in [0.1, 0.15) is 0 Å². The standard InChI is InChI=1S/C29H32N4O2S/c1-20(9-8-17-29(2,3)35)31-28(34)24-11-4-5-12-27(24)36-22-14-15-23-25(32-33-26(23)19-22)16-13-21-10-6-7-18-30-21/h4-7,10-16,18-20,35H,8-9,17H2,1-3H3,(H,31,34)(H,32,33)/b16-13+. The number of carbonyl (C=O) groups is 1. The summed E-state index contributed by atoms with van der Waals surface area (Å²) in [7, 11) is 0. The van der Waals surface area contributed by atoms with Crippen molar-refractivity contribution in [2.75, 3.05) is 0 Å². The van der Waals surface area contributed by atoms with Crippen LogP contribution in [-0.4, -0.2) is 37.8 Å². The van der Waals surface area contributed by atoms with Crippen molar-refractivity contribution >= 4 is 40.7 Å². The summed E-state index contributed by atoms with van der Waals surface area (Å²) < 4.78 is 0. The summed E-state index contributed by atoms with van der Waals surface area (Å²) in [5.41, 5.74) is 2.63. The van der Waals surface area contributed by atoms with Crippen LogP contribution in [0.25, 0.3) is 23.1 Å². The second-order valence-electron chi connectivity index (χ2n) is 9.58. The highest BCUT2D eigenvalue weighted by molar-refractivity contribution is 7.99. The van der Waals surface area contributed by atoms with Crippen LogP contribution in [0.4, 0.5) is 0 Å². The van der Waals surface area contributed by atoms with E-state index in [-0.39, 0.29) is 11.9 Å². The van der Waals surface area contributed by atoms with Crippen LogP contribution in [0.5, 0.6) is 0 Å². The minimum Gasteiger partial charge on any atom is -0.390 e. The van der Waals surface area contributed by atoms with Crippen molar-refractivity contribution in [2.24, 2.45) is 0 Å². The number of H-pyrrole nitrogens is 1. The SMILES string of the molecule is CC(CCCC(C)(C)O)NC(=O)c1ccccc1Sc1ccc2c(/C=C/c3ccccn3)n[nH]c2c1. The van der Waals surface area contributed by atoms with E-state index in [2.05, 4.69) is 32.6 Å². The van der Waals surface area contributed by atoms with E-state index >= 15 is 0 Å². The first-order valence-electron chi connectivity index (χ1n) is 12.2. The Morgan fingerprint density at radius 3 is 2.72 bits per heavy atom. The normalized spacial score (nSPS) is 12.8. The lowest BCUT2D eigenvalue weighted by atomic mass is 9.99. The molecule has 0 aliphatic rings. The van der Waals surface area contributed by atoms with Crippen LogP contribution in [0.1, 0.15) is 61.8 Å². The molecule has 0 saturated carbocycles. The Balaban J connectivity index is 1.44. The zero-order valence-corrected chi connectivity index (χ0v) is 21.7. The topological polar surface area (TPSA) is 90.9 Å². The number of hydrogen-bond acceptors (Lipinski definition) is 5. The van der Waals surface area contributed by atoms with E-state index in [0.717, 1.165) is 44.9 Å². The molecule has 0 aliphatic carbocycles. The number of benzene rings is 2. The van der Waals surface area contributed by atoms with Crippen molar-refractivity contribution < 1.29 is 9.90 Å². The van der Waals surface area contributed by atoms with Crippen LogP contribution < -0.4 is 5.32 Å². The molecule has 7 heteroatoms. The van der Waals surface area contributed by atoms with Gasteiger partial charge in [0.05, 0.1) is 28.1 Å².